The van der Waals surface area contributed by atoms with Crippen molar-refractivity contribution >= 4 is 0 Å². The molecule has 17 heavy (non-hydrogen) atoms. The van der Waals surface area contributed by atoms with Crippen LogP contribution in [0.3, 0.4) is 0 Å². The third kappa shape index (κ3) is 10.6. The zero-order chi connectivity index (χ0) is 13.8. The third-order valence-electron chi connectivity index (χ3n) is 2.00. The SMILES string of the molecule is CCCC(O)CO.OC[C@@H](O)[C@H](O)[C@@H](O)CO. The van der Waals surface area contributed by atoms with Crippen LogP contribution in [0.1, 0.15) is 19.8 Å². The van der Waals surface area contributed by atoms with E-state index in [0.717, 1.165) is 6.42 Å². The summed E-state index contributed by atoms with van der Waals surface area (Å²) in [5.41, 5.74) is 0. The Labute approximate surface area is 101 Å². The van der Waals surface area contributed by atoms with Gasteiger partial charge in [0.05, 0.1) is 25.9 Å². The summed E-state index contributed by atoms with van der Waals surface area (Å²) in [6.45, 7) is 0.586. The first kappa shape index (κ1) is 19.1. The molecule has 0 aliphatic rings. The molecule has 0 aromatic rings. The molecule has 0 saturated carbocycles. The summed E-state index contributed by atoms with van der Waals surface area (Å²) in [5, 5.41) is 59.4. The van der Waals surface area contributed by atoms with E-state index in [-0.39, 0.29) is 6.61 Å². The van der Waals surface area contributed by atoms with Gasteiger partial charge in [0.2, 0.25) is 0 Å². The molecule has 0 aliphatic heterocycles. The van der Waals surface area contributed by atoms with Gasteiger partial charge in [-0.05, 0) is 6.42 Å². The molecule has 0 radical (unpaired) electrons. The molecular formula is C10H24O7. The van der Waals surface area contributed by atoms with Gasteiger partial charge in [0.15, 0.2) is 0 Å². The van der Waals surface area contributed by atoms with E-state index < -0.39 is 37.6 Å². The van der Waals surface area contributed by atoms with Gasteiger partial charge in [0.25, 0.3) is 0 Å². The van der Waals surface area contributed by atoms with Crippen LogP contribution in [0.4, 0.5) is 0 Å². The Kier molecular flexibility index (Phi) is 13.7. The number of rotatable bonds is 7. The first-order chi connectivity index (χ1) is 7.94. The lowest BCUT2D eigenvalue weighted by Crippen LogP contribution is -2.41. The average Bonchev–Trinajstić information content (AvgIpc) is 2.36. The summed E-state index contributed by atoms with van der Waals surface area (Å²) >= 11 is 0. The van der Waals surface area contributed by atoms with Crippen molar-refractivity contribution in [3.63, 3.8) is 0 Å². The van der Waals surface area contributed by atoms with E-state index in [0.29, 0.717) is 6.42 Å². The lowest BCUT2D eigenvalue weighted by molar-refractivity contribution is -0.0900. The average molecular weight is 256 g/mol. The number of hydrogen-bond acceptors (Lipinski definition) is 7. The van der Waals surface area contributed by atoms with Crippen molar-refractivity contribution in [1.29, 1.82) is 0 Å². The largest absolute Gasteiger partial charge is 0.394 e. The zero-order valence-corrected chi connectivity index (χ0v) is 9.98. The van der Waals surface area contributed by atoms with Gasteiger partial charge < -0.3 is 35.7 Å². The molecule has 4 atom stereocenters. The smallest absolute Gasteiger partial charge is 0.110 e. The summed E-state index contributed by atoms with van der Waals surface area (Å²) in [5.74, 6) is 0. The second kappa shape index (κ2) is 12.2. The highest BCUT2D eigenvalue weighted by molar-refractivity contribution is 4.73. The normalized spacial score (nSPS) is 17.6. The molecular weight excluding hydrogens is 232 g/mol. The third-order valence-corrected chi connectivity index (χ3v) is 2.00. The van der Waals surface area contributed by atoms with Crippen molar-refractivity contribution in [2.24, 2.45) is 0 Å². The molecule has 0 aromatic heterocycles. The van der Waals surface area contributed by atoms with E-state index in [9.17, 15) is 0 Å². The van der Waals surface area contributed by atoms with Gasteiger partial charge in [-0.1, -0.05) is 13.3 Å². The number of aliphatic hydroxyl groups is 7. The molecule has 0 spiro atoms. The molecule has 0 aromatic carbocycles. The summed E-state index contributed by atoms with van der Waals surface area (Å²) in [4.78, 5) is 0. The van der Waals surface area contributed by atoms with Crippen LogP contribution in [0.25, 0.3) is 0 Å². The van der Waals surface area contributed by atoms with Crippen LogP contribution >= 0.6 is 0 Å². The highest BCUT2D eigenvalue weighted by Crippen LogP contribution is 1.98. The molecule has 7 N–H and O–H groups in total. The predicted molar refractivity (Wildman–Crippen MR) is 60.2 cm³/mol. The maximum Gasteiger partial charge on any atom is 0.110 e. The molecule has 0 bridgehead atoms. The van der Waals surface area contributed by atoms with E-state index in [4.69, 9.17) is 35.7 Å². The number of aliphatic hydroxyl groups excluding tert-OH is 7. The highest BCUT2D eigenvalue weighted by atomic mass is 16.4. The first-order valence-corrected chi connectivity index (χ1v) is 5.49. The molecule has 106 valence electrons. The molecule has 0 heterocycles. The van der Waals surface area contributed by atoms with Gasteiger partial charge >= 0.3 is 0 Å². The Balaban J connectivity index is 0. The molecule has 0 amide bonds. The summed E-state index contributed by atoms with van der Waals surface area (Å²) < 4.78 is 0. The van der Waals surface area contributed by atoms with Crippen LogP contribution in [0.2, 0.25) is 0 Å². The second-order valence-corrected chi connectivity index (χ2v) is 3.62. The van der Waals surface area contributed by atoms with Crippen LogP contribution < -0.4 is 0 Å². The quantitative estimate of drug-likeness (QED) is 0.261. The van der Waals surface area contributed by atoms with Crippen LogP contribution in [0, 0.1) is 0 Å². The minimum absolute atomic E-state index is 0.103. The van der Waals surface area contributed by atoms with E-state index in [1.807, 2.05) is 6.92 Å². The molecule has 1 unspecified atom stereocenters. The highest BCUT2D eigenvalue weighted by Gasteiger charge is 2.22. The fraction of sp³-hybridized carbons (Fsp3) is 1.00. The van der Waals surface area contributed by atoms with Gasteiger partial charge in [-0.2, -0.15) is 0 Å². The first-order valence-electron chi connectivity index (χ1n) is 5.49. The minimum Gasteiger partial charge on any atom is -0.394 e. The maximum absolute atomic E-state index is 8.77. The van der Waals surface area contributed by atoms with E-state index >= 15 is 0 Å². The zero-order valence-electron chi connectivity index (χ0n) is 9.98. The second-order valence-electron chi connectivity index (χ2n) is 3.62. The predicted octanol–water partition coefficient (Wildman–Crippen LogP) is -2.81. The van der Waals surface area contributed by atoms with Gasteiger partial charge in [-0.25, -0.2) is 0 Å². The lowest BCUT2D eigenvalue weighted by Gasteiger charge is -2.19. The Morgan fingerprint density at radius 2 is 1.18 bits per heavy atom. The van der Waals surface area contributed by atoms with Crippen molar-refractivity contribution in [1.82, 2.24) is 0 Å². The fourth-order valence-electron chi connectivity index (χ4n) is 0.897. The van der Waals surface area contributed by atoms with Gasteiger partial charge in [-0.3, -0.25) is 0 Å². The lowest BCUT2D eigenvalue weighted by atomic mass is 10.1. The topological polar surface area (TPSA) is 142 Å². The number of hydrogen-bond donors (Lipinski definition) is 7. The minimum atomic E-state index is -1.49. The summed E-state index contributed by atoms with van der Waals surface area (Å²) in [6.07, 6.45) is -3.15. The van der Waals surface area contributed by atoms with E-state index in [1.54, 1.807) is 0 Å². The molecule has 0 aliphatic carbocycles. The van der Waals surface area contributed by atoms with Crippen LogP contribution in [0.5, 0.6) is 0 Å². The van der Waals surface area contributed by atoms with Crippen LogP contribution in [-0.2, 0) is 0 Å². The van der Waals surface area contributed by atoms with Crippen molar-refractivity contribution in [2.75, 3.05) is 19.8 Å². The Morgan fingerprint density at radius 3 is 1.35 bits per heavy atom. The van der Waals surface area contributed by atoms with Crippen molar-refractivity contribution in [3.05, 3.63) is 0 Å². The Bertz CT molecular complexity index is 146. The standard InChI is InChI=1S/C5H12O5.C5H12O2/c6-1-3(8)5(10)4(9)2-7;1-2-3-5(7)4-6/h3-10H,1-2H2;5-7H,2-4H2,1H3/t3-,4+,5+;. The van der Waals surface area contributed by atoms with Crippen molar-refractivity contribution in [3.8, 4) is 0 Å². The molecule has 7 heteroatoms. The van der Waals surface area contributed by atoms with Gasteiger partial charge in [0.1, 0.15) is 18.3 Å². The fourth-order valence-corrected chi connectivity index (χ4v) is 0.897. The summed E-state index contributed by atoms with van der Waals surface area (Å²) in [6, 6.07) is 0. The van der Waals surface area contributed by atoms with Crippen LogP contribution in [0.15, 0.2) is 0 Å². The molecule has 7 nitrogen and oxygen atoms in total. The van der Waals surface area contributed by atoms with Crippen LogP contribution in [-0.4, -0.2) is 80.0 Å². The van der Waals surface area contributed by atoms with E-state index in [2.05, 4.69) is 0 Å². The Morgan fingerprint density at radius 1 is 0.765 bits per heavy atom. The maximum atomic E-state index is 8.77. The summed E-state index contributed by atoms with van der Waals surface area (Å²) in [7, 11) is 0. The Hall–Kier alpha value is -0.280. The monoisotopic (exact) mass is 256 g/mol. The van der Waals surface area contributed by atoms with Crippen molar-refractivity contribution in [2.45, 2.75) is 44.2 Å². The van der Waals surface area contributed by atoms with Gasteiger partial charge in [-0.15, -0.1) is 0 Å². The van der Waals surface area contributed by atoms with Crippen molar-refractivity contribution < 1.29 is 35.7 Å². The molecule has 0 fully saturated rings. The van der Waals surface area contributed by atoms with E-state index in [1.165, 1.54) is 0 Å². The van der Waals surface area contributed by atoms with Gasteiger partial charge in [0, 0.05) is 0 Å². The molecule has 0 saturated heterocycles. The molecule has 0 rings (SSSR count).